The molecule has 1 heterocycles. The highest BCUT2D eigenvalue weighted by atomic mass is 16.3. The summed E-state index contributed by atoms with van der Waals surface area (Å²) < 4.78 is 1.75. The highest BCUT2D eigenvalue weighted by Gasteiger charge is 1.90. The van der Waals surface area contributed by atoms with Crippen LogP contribution in [-0.2, 0) is 6.54 Å². The molecular weight excluding hydrogens is 128 g/mol. The number of nitrogens with zero attached hydrogens (tertiary/aromatic N) is 2. The number of aromatic nitrogens is 2. The van der Waals surface area contributed by atoms with Crippen molar-refractivity contribution in [2.24, 2.45) is 0 Å². The lowest BCUT2D eigenvalue weighted by molar-refractivity contribution is 0.376. The minimum absolute atomic E-state index is 0.204. The van der Waals surface area contributed by atoms with Crippen molar-refractivity contribution in [1.29, 1.82) is 0 Å². The fourth-order valence-corrected chi connectivity index (χ4v) is 0.676. The topological polar surface area (TPSA) is 38.0 Å². The number of aliphatic hydroxyl groups is 1. The Balaban J connectivity index is 2.35. The second kappa shape index (κ2) is 3.06. The van der Waals surface area contributed by atoms with Crippen LogP contribution in [0.4, 0.5) is 0 Å². The average molecular weight is 138 g/mol. The quantitative estimate of drug-likeness (QED) is 0.640. The van der Waals surface area contributed by atoms with Crippen LogP contribution in [0.2, 0.25) is 0 Å². The molecule has 0 fully saturated rings. The summed E-state index contributed by atoms with van der Waals surface area (Å²) in [4.78, 5) is 0. The molecule has 0 aliphatic carbocycles. The van der Waals surface area contributed by atoms with Gasteiger partial charge >= 0.3 is 0 Å². The number of allylic oxidation sites excluding steroid dienone is 1. The molecule has 0 amide bonds. The fourth-order valence-electron chi connectivity index (χ4n) is 0.676. The van der Waals surface area contributed by atoms with Gasteiger partial charge in [0.1, 0.15) is 0 Å². The lowest BCUT2D eigenvalue weighted by atomic mass is 10.4. The van der Waals surface area contributed by atoms with Crippen LogP contribution in [0.15, 0.2) is 30.8 Å². The van der Waals surface area contributed by atoms with E-state index in [1.807, 2.05) is 12.3 Å². The van der Waals surface area contributed by atoms with Crippen LogP contribution in [0, 0.1) is 0 Å². The SMILES string of the molecule is C=C(O)CCn1cccn1. The summed E-state index contributed by atoms with van der Waals surface area (Å²) >= 11 is 0. The number of aliphatic hydroxyl groups excluding tert-OH is 1. The molecule has 0 unspecified atom stereocenters. The van der Waals surface area contributed by atoms with Gasteiger partial charge < -0.3 is 5.11 Å². The second-order valence-electron chi connectivity index (χ2n) is 2.09. The molecule has 0 aromatic carbocycles. The van der Waals surface area contributed by atoms with E-state index in [4.69, 9.17) is 5.11 Å². The van der Waals surface area contributed by atoms with Gasteiger partial charge in [0.05, 0.1) is 5.76 Å². The molecule has 0 aliphatic rings. The number of rotatable bonds is 3. The predicted octanol–water partition coefficient (Wildman–Crippen LogP) is 1.34. The van der Waals surface area contributed by atoms with Crippen LogP contribution < -0.4 is 0 Å². The fraction of sp³-hybridized carbons (Fsp3) is 0.286. The predicted molar refractivity (Wildman–Crippen MR) is 38.6 cm³/mol. The van der Waals surface area contributed by atoms with E-state index in [0.717, 1.165) is 0 Å². The Morgan fingerprint density at radius 3 is 3.00 bits per heavy atom. The molecule has 1 rings (SSSR count). The molecule has 0 spiro atoms. The molecule has 3 nitrogen and oxygen atoms in total. The van der Waals surface area contributed by atoms with Gasteiger partial charge in [0.15, 0.2) is 0 Å². The van der Waals surface area contributed by atoms with Crippen LogP contribution in [0.3, 0.4) is 0 Å². The smallest absolute Gasteiger partial charge is 0.0869 e. The largest absolute Gasteiger partial charge is 0.513 e. The van der Waals surface area contributed by atoms with Crippen LogP contribution in [0.1, 0.15) is 6.42 Å². The Morgan fingerprint density at radius 1 is 1.70 bits per heavy atom. The monoisotopic (exact) mass is 138 g/mol. The molecule has 0 saturated heterocycles. The maximum atomic E-state index is 8.72. The van der Waals surface area contributed by atoms with E-state index in [9.17, 15) is 0 Å². The van der Waals surface area contributed by atoms with Crippen LogP contribution in [0.25, 0.3) is 0 Å². The van der Waals surface area contributed by atoms with Gasteiger partial charge in [-0.15, -0.1) is 0 Å². The first-order valence-electron chi connectivity index (χ1n) is 3.13. The molecule has 0 saturated carbocycles. The summed E-state index contributed by atoms with van der Waals surface area (Å²) in [5.41, 5.74) is 0. The van der Waals surface area contributed by atoms with Crippen molar-refractivity contribution in [3.63, 3.8) is 0 Å². The van der Waals surface area contributed by atoms with Gasteiger partial charge in [-0.1, -0.05) is 6.58 Å². The van der Waals surface area contributed by atoms with Gasteiger partial charge in [0.25, 0.3) is 0 Å². The van der Waals surface area contributed by atoms with Crippen molar-refractivity contribution in [2.75, 3.05) is 0 Å². The first-order chi connectivity index (χ1) is 4.79. The van der Waals surface area contributed by atoms with Gasteiger partial charge in [-0.2, -0.15) is 5.10 Å². The lowest BCUT2D eigenvalue weighted by Crippen LogP contribution is -1.98. The van der Waals surface area contributed by atoms with Gasteiger partial charge in [-0.05, 0) is 6.07 Å². The molecule has 0 aliphatic heterocycles. The molecule has 54 valence electrons. The summed E-state index contributed by atoms with van der Waals surface area (Å²) in [6.07, 6.45) is 4.13. The standard InChI is InChI=1S/C7H10N2O/c1-7(10)3-6-9-5-2-4-8-9/h2,4-5,10H,1,3,6H2. The lowest BCUT2D eigenvalue weighted by Gasteiger charge is -1.97. The maximum Gasteiger partial charge on any atom is 0.0869 e. The molecule has 1 N–H and O–H groups in total. The zero-order valence-corrected chi connectivity index (χ0v) is 5.70. The van der Waals surface area contributed by atoms with Crippen LogP contribution >= 0.6 is 0 Å². The molecule has 1 aromatic heterocycles. The van der Waals surface area contributed by atoms with E-state index in [2.05, 4.69) is 11.7 Å². The van der Waals surface area contributed by atoms with Crippen molar-refractivity contribution in [3.8, 4) is 0 Å². The third-order valence-corrected chi connectivity index (χ3v) is 1.19. The van der Waals surface area contributed by atoms with E-state index in [1.54, 1.807) is 10.9 Å². The summed E-state index contributed by atoms with van der Waals surface area (Å²) in [7, 11) is 0. The molecule has 0 atom stereocenters. The Bertz CT molecular complexity index is 203. The Hall–Kier alpha value is -1.25. The first-order valence-corrected chi connectivity index (χ1v) is 3.13. The maximum absolute atomic E-state index is 8.72. The Kier molecular flexibility index (Phi) is 2.10. The second-order valence-corrected chi connectivity index (χ2v) is 2.09. The average Bonchev–Trinajstić information content (AvgIpc) is 2.34. The Labute approximate surface area is 59.6 Å². The zero-order chi connectivity index (χ0) is 7.40. The minimum Gasteiger partial charge on any atom is -0.513 e. The van der Waals surface area contributed by atoms with Gasteiger partial charge in [-0.3, -0.25) is 4.68 Å². The number of aryl methyl sites for hydroxylation is 1. The van der Waals surface area contributed by atoms with Crippen molar-refractivity contribution in [2.45, 2.75) is 13.0 Å². The molecule has 1 aromatic rings. The van der Waals surface area contributed by atoms with Crippen molar-refractivity contribution < 1.29 is 5.11 Å². The van der Waals surface area contributed by atoms with Gasteiger partial charge in [0.2, 0.25) is 0 Å². The molecule has 0 bridgehead atoms. The summed E-state index contributed by atoms with van der Waals surface area (Å²) in [5, 5.41) is 12.7. The Morgan fingerprint density at radius 2 is 2.50 bits per heavy atom. The van der Waals surface area contributed by atoms with E-state index in [0.29, 0.717) is 13.0 Å². The zero-order valence-electron chi connectivity index (χ0n) is 5.70. The highest BCUT2D eigenvalue weighted by Crippen LogP contribution is 1.94. The van der Waals surface area contributed by atoms with Crippen molar-refractivity contribution in [3.05, 3.63) is 30.8 Å². The van der Waals surface area contributed by atoms with Gasteiger partial charge in [0, 0.05) is 25.4 Å². The van der Waals surface area contributed by atoms with E-state index >= 15 is 0 Å². The van der Waals surface area contributed by atoms with E-state index < -0.39 is 0 Å². The van der Waals surface area contributed by atoms with Crippen LogP contribution in [-0.4, -0.2) is 14.9 Å². The molecule has 0 radical (unpaired) electrons. The summed E-state index contributed by atoms with van der Waals surface area (Å²) in [6, 6.07) is 1.85. The number of hydrogen-bond acceptors (Lipinski definition) is 2. The van der Waals surface area contributed by atoms with Crippen molar-refractivity contribution in [1.82, 2.24) is 9.78 Å². The minimum atomic E-state index is 0.204. The summed E-state index contributed by atoms with van der Waals surface area (Å²) in [6.45, 7) is 4.07. The van der Waals surface area contributed by atoms with E-state index in [-0.39, 0.29) is 5.76 Å². The van der Waals surface area contributed by atoms with E-state index in [1.165, 1.54) is 0 Å². The van der Waals surface area contributed by atoms with Crippen molar-refractivity contribution >= 4 is 0 Å². The number of hydrogen-bond donors (Lipinski definition) is 1. The summed E-state index contributed by atoms with van der Waals surface area (Å²) in [5.74, 6) is 0.204. The molecule has 10 heavy (non-hydrogen) atoms. The third kappa shape index (κ3) is 1.93. The first kappa shape index (κ1) is 6.86. The normalized spacial score (nSPS) is 9.60. The third-order valence-electron chi connectivity index (χ3n) is 1.19. The molecular formula is C7H10N2O. The van der Waals surface area contributed by atoms with Gasteiger partial charge in [-0.25, -0.2) is 0 Å². The highest BCUT2D eigenvalue weighted by molar-refractivity contribution is 4.81. The van der Waals surface area contributed by atoms with Crippen LogP contribution in [0.5, 0.6) is 0 Å². The molecule has 3 heteroatoms.